The molecule has 0 aliphatic carbocycles. The van der Waals surface area contributed by atoms with Crippen LogP contribution < -0.4 is 5.32 Å². The zero-order chi connectivity index (χ0) is 15.3. The lowest BCUT2D eigenvalue weighted by Crippen LogP contribution is -2.55. The average molecular weight is 281 g/mol. The minimum Gasteiger partial charge on any atom is -0.395 e. The van der Waals surface area contributed by atoms with Crippen LogP contribution in [-0.2, 0) is 4.79 Å². The van der Waals surface area contributed by atoms with Gasteiger partial charge in [-0.25, -0.2) is 0 Å². The molecule has 3 unspecified atom stereocenters. The van der Waals surface area contributed by atoms with Crippen LogP contribution in [0.25, 0.3) is 0 Å². The maximum atomic E-state index is 12.2. The van der Waals surface area contributed by atoms with Gasteiger partial charge in [0.1, 0.15) is 5.54 Å². The third kappa shape index (κ3) is 3.94. The van der Waals surface area contributed by atoms with Crippen LogP contribution in [0.15, 0.2) is 0 Å². The van der Waals surface area contributed by atoms with Gasteiger partial charge in [0.25, 0.3) is 0 Å². The molecule has 1 aliphatic rings. The Morgan fingerprint density at radius 3 is 2.75 bits per heavy atom. The molecule has 5 nitrogen and oxygen atoms in total. The first-order valence-corrected chi connectivity index (χ1v) is 7.41. The van der Waals surface area contributed by atoms with E-state index in [4.69, 9.17) is 0 Å². The molecule has 20 heavy (non-hydrogen) atoms. The van der Waals surface area contributed by atoms with Crippen LogP contribution in [0.1, 0.15) is 40.5 Å². The van der Waals surface area contributed by atoms with E-state index in [-0.39, 0.29) is 31.0 Å². The highest BCUT2D eigenvalue weighted by Gasteiger charge is 2.33. The van der Waals surface area contributed by atoms with Crippen molar-refractivity contribution in [1.29, 1.82) is 5.26 Å². The predicted molar refractivity (Wildman–Crippen MR) is 77.8 cm³/mol. The minimum absolute atomic E-state index is 0.0434. The molecular formula is C15H27N3O2. The van der Waals surface area contributed by atoms with Crippen LogP contribution in [0.2, 0.25) is 0 Å². The monoisotopic (exact) mass is 281 g/mol. The van der Waals surface area contributed by atoms with Crippen LogP contribution in [0.4, 0.5) is 0 Å². The smallest absolute Gasteiger partial charge is 0.235 e. The van der Waals surface area contributed by atoms with Gasteiger partial charge >= 0.3 is 0 Å². The highest BCUT2D eigenvalue weighted by atomic mass is 16.3. The molecule has 1 amide bonds. The molecule has 3 atom stereocenters. The van der Waals surface area contributed by atoms with E-state index < -0.39 is 5.54 Å². The topological polar surface area (TPSA) is 76.4 Å². The fourth-order valence-corrected chi connectivity index (χ4v) is 2.64. The standard InChI is InChI=1S/C15H27N3O2/c1-11(2)15(4,10-16)17-14(20)8-18-7-5-6-12(3)13(18)9-19/h11-13,19H,5-9H2,1-4H3,(H,17,20). The molecule has 1 rings (SSSR count). The van der Waals surface area contributed by atoms with Crippen molar-refractivity contribution < 1.29 is 9.90 Å². The molecule has 0 bridgehead atoms. The number of amides is 1. The molecule has 5 heteroatoms. The van der Waals surface area contributed by atoms with Crippen molar-refractivity contribution in [3.05, 3.63) is 0 Å². The highest BCUT2D eigenvalue weighted by Crippen LogP contribution is 2.23. The van der Waals surface area contributed by atoms with Crippen molar-refractivity contribution in [2.45, 2.75) is 52.1 Å². The van der Waals surface area contributed by atoms with E-state index >= 15 is 0 Å². The molecule has 2 N–H and O–H groups in total. The maximum absolute atomic E-state index is 12.2. The Bertz CT molecular complexity index is 378. The Kier molecular flexibility index (Phi) is 5.97. The summed E-state index contributed by atoms with van der Waals surface area (Å²) in [6, 6.07) is 2.22. The number of aliphatic hydroxyl groups excluding tert-OH is 1. The first-order valence-electron chi connectivity index (χ1n) is 7.41. The molecule has 0 spiro atoms. The number of hydrogen-bond donors (Lipinski definition) is 2. The number of likely N-dealkylation sites (tertiary alicyclic amines) is 1. The minimum atomic E-state index is -0.840. The summed E-state index contributed by atoms with van der Waals surface area (Å²) in [7, 11) is 0. The lowest BCUT2D eigenvalue weighted by Gasteiger charge is -2.39. The Hall–Kier alpha value is -1.12. The SMILES string of the molecule is CC1CCCN(CC(=O)NC(C)(C#N)C(C)C)C1CO. The summed E-state index contributed by atoms with van der Waals surface area (Å²) in [4.78, 5) is 14.2. The number of aliphatic hydroxyl groups is 1. The van der Waals surface area contributed by atoms with Gasteiger partial charge in [0.2, 0.25) is 5.91 Å². The number of carbonyl (C=O) groups excluding carboxylic acids is 1. The Morgan fingerprint density at radius 1 is 1.60 bits per heavy atom. The number of carbonyl (C=O) groups is 1. The summed E-state index contributed by atoms with van der Waals surface area (Å²) in [5, 5.41) is 21.5. The van der Waals surface area contributed by atoms with E-state index in [1.807, 2.05) is 18.7 Å². The van der Waals surface area contributed by atoms with Crippen molar-refractivity contribution in [3.8, 4) is 6.07 Å². The number of rotatable bonds is 5. The van der Waals surface area contributed by atoms with Gasteiger partial charge in [-0.05, 0) is 38.1 Å². The Labute approximate surface area is 122 Å². The lowest BCUT2D eigenvalue weighted by atomic mass is 9.89. The predicted octanol–water partition coefficient (Wildman–Crippen LogP) is 1.13. The zero-order valence-electron chi connectivity index (χ0n) is 13.0. The second-order valence-electron chi connectivity index (χ2n) is 6.36. The molecule has 114 valence electrons. The second kappa shape index (κ2) is 7.05. The van der Waals surface area contributed by atoms with E-state index in [0.29, 0.717) is 5.92 Å². The van der Waals surface area contributed by atoms with E-state index in [9.17, 15) is 15.2 Å². The molecule has 1 heterocycles. The third-order valence-corrected chi connectivity index (χ3v) is 4.55. The first-order chi connectivity index (χ1) is 9.34. The Balaban J connectivity index is 2.64. The van der Waals surface area contributed by atoms with Gasteiger partial charge < -0.3 is 10.4 Å². The van der Waals surface area contributed by atoms with Crippen LogP contribution in [0.5, 0.6) is 0 Å². The van der Waals surface area contributed by atoms with E-state index in [2.05, 4.69) is 18.3 Å². The van der Waals surface area contributed by atoms with E-state index in [1.165, 1.54) is 0 Å². The zero-order valence-corrected chi connectivity index (χ0v) is 13.0. The summed E-state index contributed by atoms with van der Waals surface area (Å²) in [6.45, 7) is 8.85. The molecule has 1 saturated heterocycles. The van der Waals surface area contributed by atoms with E-state index in [1.54, 1.807) is 6.92 Å². The summed E-state index contributed by atoms with van der Waals surface area (Å²) >= 11 is 0. The second-order valence-corrected chi connectivity index (χ2v) is 6.36. The summed E-state index contributed by atoms with van der Waals surface area (Å²) in [5.41, 5.74) is -0.840. The molecule has 0 aromatic rings. The maximum Gasteiger partial charge on any atom is 0.235 e. The summed E-state index contributed by atoms with van der Waals surface area (Å²) in [6.07, 6.45) is 2.13. The van der Waals surface area contributed by atoms with Gasteiger partial charge in [-0.3, -0.25) is 9.69 Å². The molecule has 0 aromatic carbocycles. The third-order valence-electron chi connectivity index (χ3n) is 4.55. The van der Waals surface area contributed by atoms with Crippen LogP contribution in [-0.4, -0.2) is 47.2 Å². The largest absolute Gasteiger partial charge is 0.395 e. The van der Waals surface area contributed by atoms with E-state index in [0.717, 1.165) is 19.4 Å². The van der Waals surface area contributed by atoms with Crippen molar-refractivity contribution in [2.75, 3.05) is 19.7 Å². The molecule has 1 fully saturated rings. The molecule has 0 radical (unpaired) electrons. The van der Waals surface area contributed by atoms with Gasteiger partial charge in [0.15, 0.2) is 0 Å². The number of nitrogens with zero attached hydrogens (tertiary/aromatic N) is 2. The van der Waals surface area contributed by atoms with Crippen molar-refractivity contribution in [1.82, 2.24) is 10.2 Å². The van der Waals surface area contributed by atoms with Crippen molar-refractivity contribution in [3.63, 3.8) is 0 Å². The van der Waals surface area contributed by atoms with Crippen LogP contribution in [0.3, 0.4) is 0 Å². The molecule has 0 aromatic heterocycles. The molecule has 0 saturated carbocycles. The number of nitriles is 1. The normalized spacial score (nSPS) is 26.9. The van der Waals surface area contributed by atoms with Gasteiger partial charge in [-0.1, -0.05) is 20.8 Å². The fraction of sp³-hybridized carbons (Fsp3) is 0.867. The quantitative estimate of drug-likeness (QED) is 0.792. The highest BCUT2D eigenvalue weighted by molar-refractivity contribution is 5.79. The van der Waals surface area contributed by atoms with Crippen LogP contribution >= 0.6 is 0 Å². The van der Waals surface area contributed by atoms with Crippen molar-refractivity contribution >= 4 is 5.91 Å². The fourth-order valence-electron chi connectivity index (χ4n) is 2.64. The summed E-state index contributed by atoms with van der Waals surface area (Å²) in [5.74, 6) is 0.301. The van der Waals surface area contributed by atoms with Gasteiger partial charge in [0, 0.05) is 6.04 Å². The first kappa shape index (κ1) is 16.9. The number of nitrogens with one attached hydrogen (secondary N) is 1. The molecule has 1 aliphatic heterocycles. The number of hydrogen-bond acceptors (Lipinski definition) is 4. The van der Waals surface area contributed by atoms with Gasteiger partial charge in [0.05, 0.1) is 19.2 Å². The number of piperidine rings is 1. The van der Waals surface area contributed by atoms with Gasteiger partial charge in [-0.15, -0.1) is 0 Å². The lowest BCUT2D eigenvalue weighted by molar-refractivity contribution is -0.125. The average Bonchev–Trinajstić information content (AvgIpc) is 2.38. The van der Waals surface area contributed by atoms with Gasteiger partial charge in [-0.2, -0.15) is 5.26 Å². The van der Waals surface area contributed by atoms with Crippen molar-refractivity contribution in [2.24, 2.45) is 11.8 Å². The molecular weight excluding hydrogens is 254 g/mol. The van der Waals surface area contributed by atoms with Crippen LogP contribution in [0, 0.1) is 23.2 Å². The Morgan fingerprint density at radius 2 is 2.25 bits per heavy atom. The summed E-state index contributed by atoms with van der Waals surface area (Å²) < 4.78 is 0.